The Bertz CT molecular complexity index is 653. The van der Waals surface area contributed by atoms with E-state index in [1.165, 1.54) is 0 Å². The number of benzene rings is 2. The van der Waals surface area contributed by atoms with Crippen LogP contribution in [0, 0.1) is 13.8 Å². The summed E-state index contributed by atoms with van der Waals surface area (Å²) in [5, 5.41) is 2.91. The average molecular weight is 334 g/mol. The number of methoxy groups -OCH3 is 1. The highest BCUT2D eigenvalue weighted by atomic mass is 79.9. The topological polar surface area (TPSA) is 38.3 Å². The van der Waals surface area contributed by atoms with Crippen molar-refractivity contribution in [3.8, 4) is 5.75 Å². The van der Waals surface area contributed by atoms with Gasteiger partial charge in [0.05, 0.1) is 7.11 Å². The second kappa shape index (κ2) is 6.09. The molecule has 2 aromatic rings. The Labute approximate surface area is 127 Å². The van der Waals surface area contributed by atoms with Crippen LogP contribution in [0.15, 0.2) is 40.9 Å². The van der Waals surface area contributed by atoms with Crippen molar-refractivity contribution in [3.05, 3.63) is 57.6 Å². The van der Waals surface area contributed by atoms with E-state index in [9.17, 15) is 4.79 Å². The van der Waals surface area contributed by atoms with Crippen molar-refractivity contribution in [2.45, 2.75) is 13.8 Å². The van der Waals surface area contributed by atoms with Crippen molar-refractivity contribution in [2.75, 3.05) is 12.4 Å². The summed E-state index contributed by atoms with van der Waals surface area (Å²) in [5.41, 5.74) is 3.39. The summed E-state index contributed by atoms with van der Waals surface area (Å²) >= 11 is 3.40. The molecule has 3 nitrogen and oxygen atoms in total. The second-order valence-electron chi connectivity index (χ2n) is 4.60. The van der Waals surface area contributed by atoms with Crippen molar-refractivity contribution in [3.63, 3.8) is 0 Å². The molecule has 0 unspecified atom stereocenters. The van der Waals surface area contributed by atoms with E-state index < -0.39 is 0 Å². The predicted molar refractivity (Wildman–Crippen MR) is 84.6 cm³/mol. The molecule has 104 valence electrons. The van der Waals surface area contributed by atoms with E-state index in [0.29, 0.717) is 11.3 Å². The minimum absolute atomic E-state index is 0.149. The molecule has 0 aliphatic rings. The van der Waals surface area contributed by atoms with Crippen molar-refractivity contribution in [1.82, 2.24) is 0 Å². The molecule has 0 atom stereocenters. The van der Waals surface area contributed by atoms with Gasteiger partial charge >= 0.3 is 0 Å². The maximum atomic E-state index is 12.3. The van der Waals surface area contributed by atoms with Gasteiger partial charge < -0.3 is 10.1 Å². The molecule has 0 bridgehead atoms. The minimum atomic E-state index is -0.149. The standard InChI is InChI=1S/C16H16BrNO2/c1-10-5-7-13(17)9-14(10)18-16(19)12-6-4-11(2)15(8-12)20-3/h4-9H,1-3H3,(H,18,19). The summed E-state index contributed by atoms with van der Waals surface area (Å²) in [5.74, 6) is 0.563. The Morgan fingerprint density at radius 3 is 2.50 bits per heavy atom. The monoisotopic (exact) mass is 333 g/mol. The average Bonchev–Trinajstić information content (AvgIpc) is 2.43. The zero-order valence-corrected chi connectivity index (χ0v) is 13.2. The maximum absolute atomic E-state index is 12.3. The maximum Gasteiger partial charge on any atom is 0.255 e. The molecule has 0 saturated heterocycles. The smallest absolute Gasteiger partial charge is 0.255 e. The van der Waals surface area contributed by atoms with Crippen molar-refractivity contribution in [1.29, 1.82) is 0 Å². The fourth-order valence-corrected chi connectivity index (χ4v) is 2.25. The third-order valence-electron chi connectivity index (χ3n) is 3.12. The molecule has 0 aliphatic heterocycles. The number of aryl methyl sites for hydroxylation is 2. The van der Waals surface area contributed by atoms with Crippen LogP contribution >= 0.6 is 15.9 Å². The van der Waals surface area contributed by atoms with Crippen LogP contribution in [-0.2, 0) is 0 Å². The Morgan fingerprint density at radius 1 is 1.10 bits per heavy atom. The van der Waals surface area contributed by atoms with E-state index in [2.05, 4.69) is 21.2 Å². The molecule has 0 spiro atoms. The van der Waals surface area contributed by atoms with Gasteiger partial charge in [0.2, 0.25) is 0 Å². The molecule has 4 heteroatoms. The van der Waals surface area contributed by atoms with Gasteiger partial charge in [-0.15, -0.1) is 0 Å². The first-order valence-corrected chi connectivity index (χ1v) is 7.02. The van der Waals surface area contributed by atoms with Gasteiger partial charge in [0.15, 0.2) is 0 Å². The molecular weight excluding hydrogens is 318 g/mol. The van der Waals surface area contributed by atoms with Crippen molar-refractivity contribution in [2.24, 2.45) is 0 Å². The number of hydrogen-bond acceptors (Lipinski definition) is 2. The predicted octanol–water partition coefficient (Wildman–Crippen LogP) is 4.33. The van der Waals surface area contributed by atoms with Gasteiger partial charge in [0.1, 0.15) is 5.75 Å². The number of rotatable bonds is 3. The molecule has 0 fully saturated rings. The Balaban J connectivity index is 2.26. The van der Waals surface area contributed by atoms with Crippen molar-refractivity contribution < 1.29 is 9.53 Å². The number of anilines is 1. The Morgan fingerprint density at radius 2 is 1.80 bits per heavy atom. The number of ether oxygens (including phenoxy) is 1. The molecular formula is C16H16BrNO2. The summed E-state index contributed by atoms with van der Waals surface area (Å²) in [4.78, 5) is 12.3. The van der Waals surface area contributed by atoms with Gasteiger partial charge in [-0.2, -0.15) is 0 Å². The lowest BCUT2D eigenvalue weighted by atomic mass is 10.1. The molecule has 0 heterocycles. The second-order valence-corrected chi connectivity index (χ2v) is 5.51. The Hall–Kier alpha value is -1.81. The highest BCUT2D eigenvalue weighted by Crippen LogP contribution is 2.23. The summed E-state index contributed by atoms with van der Waals surface area (Å²) in [6.07, 6.45) is 0. The van der Waals surface area contributed by atoms with Crippen molar-refractivity contribution >= 4 is 27.5 Å². The van der Waals surface area contributed by atoms with Crippen LogP contribution in [0.2, 0.25) is 0 Å². The van der Waals surface area contributed by atoms with E-state index in [1.54, 1.807) is 19.2 Å². The molecule has 0 aliphatic carbocycles. The largest absolute Gasteiger partial charge is 0.496 e. The van der Waals surface area contributed by atoms with Crippen LogP contribution in [0.1, 0.15) is 21.5 Å². The zero-order chi connectivity index (χ0) is 14.7. The van der Waals surface area contributed by atoms with Gasteiger partial charge in [0, 0.05) is 15.7 Å². The van der Waals surface area contributed by atoms with E-state index in [0.717, 1.165) is 21.3 Å². The molecule has 2 rings (SSSR count). The summed E-state index contributed by atoms with van der Waals surface area (Å²) in [6, 6.07) is 11.2. The lowest BCUT2D eigenvalue weighted by Crippen LogP contribution is -2.13. The highest BCUT2D eigenvalue weighted by Gasteiger charge is 2.10. The number of hydrogen-bond donors (Lipinski definition) is 1. The van der Waals surface area contributed by atoms with Crippen LogP contribution in [-0.4, -0.2) is 13.0 Å². The summed E-state index contributed by atoms with van der Waals surface area (Å²) < 4.78 is 6.17. The minimum Gasteiger partial charge on any atom is -0.496 e. The van der Waals surface area contributed by atoms with Gasteiger partial charge in [-0.3, -0.25) is 4.79 Å². The van der Waals surface area contributed by atoms with Gasteiger partial charge in [-0.25, -0.2) is 0 Å². The van der Waals surface area contributed by atoms with Crippen LogP contribution in [0.4, 0.5) is 5.69 Å². The third kappa shape index (κ3) is 3.20. The molecule has 20 heavy (non-hydrogen) atoms. The first kappa shape index (κ1) is 14.6. The van der Waals surface area contributed by atoms with Crippen LogP contribution in [0.3, 0.4) is 0 Å². The Kier molecular flexibility index (Phi) is 4.45. The van der Waals surface area contributed by atoms with Crippen LogP contribution < -0.4 is 10.1 Å². The first-order valence-electron chi connectivity index (χ1n) is 6.23. The lowest BCUT2D eigenvalue weighted by Gasteiger charge is -2.10. The molecule has 2 aromatic carbocycles. The number of nitrogens with one attached hydrogen (secondary N) is 1. The fourth-order valence-electron chi connectivity index (χ4n) is 1.88. The van der Waals surface area contributed by atoms with Gasteiger partial charge in [-0.1, -0.05) is 28.1 Å². The highest BCUT2D eigenvalue weighted by molar-refractivity contribution is 9.10. The molecule has 1 amide bonds. The molecule has 0 radical (unpaired) electrons. The quantitative estimate of drug-likeness (QED) is 0.907. The third-order valence-corrected chi connectivity index (χ3v) is 3.61. The SMILES string of the molecule is COc1cc(C(=O)Nc2cc(Br)ccc2C)ccc1C. The zero-order valence-electron chi connectivity index (χ0n) is 11.7. The van der Waals surface area contributed by atoms with Gasteiger partial charge in [0.25, 0.3) is 5.91 Å². The normalized spacial score (nSPS) is 10.2. The van der Waals surface area contributed by atoms with Crippen LogP contribution in [0.25, 0.3) is 0 Å². The number of carbonyl (C=O) groups excluding carboxylic acids is 1. The van der Waals surface area contributed by atoms with E-state index in [-0.39, 0.29) is 5.91 Å². The van der Waals surface area contributed by atoms with E-state index >= 15 is 0 Å². The first-order chi connectivity index (χ1) is 9.51. The summed E-state index contributed by atoms with van der Waals surface area (Å²) in [7, 11) is 1.60. The molecule has 1 N–H and O–H groups in total. The number of carbonyl (C=O) groups is 1. The fraction of sp³-hybridized carbons (Fsp3) is 0.188. The van der Waals surface area contributed by atoms with Gasteiger partial charge in [-0.05, 0) is 49.2 Å². The van der Waals surface area contributed by atoms with Crippen LogP contribution in [0.5, 0.6) is 5.75 Å². The summed E-state index contributed by atoms with van der Waals surface area (Å²) in [6.45, 7) is 3.90. The number of amides is 1. The number of halogens is 1. The molecule has 0 saturated carbocycles. The van der Waals surface area contributed by atoms with E-state index in [4.69, 9.17) is 4.74 Å². The van der Waals surface area contributed by atoms with E-state index in [1.807, 2.05) is 38.1 Å². The lowest BCUT2D eigenvalue weighted by molar-refractivity contribution is 0.102. The molecule has 0 aromatic heterocycles.